The van der Waals surface area contributed by atoms with Crippen LogP contribution in [0.4, 0.5) is 0 Å². The monoisotopic (exact) mass is 347 g/mol. The Kier molecular flexibility index (Phi) is 7.13. The number of unbranched alkanes of at least 4 members (excludes halogenated alkanes) is 6. The summed E-state index contributed by atoms with van der Waals surface area (Å²) in [6.45, 7) is 2.16. The largest absolute Gasteiger partial charge is 0.364 e. The van der Waals surface area contributed by atoms with Gasteiger partial charge in [-0.15, -0.1) is 0 Å². The first kappa shape index (κ1) is 19.1. The van der Waals surface area contributed by atoms with Crippen LogP contribution in [-0.2, 0) is 9.68 Å². The van der Waals surface area contributed by atoms with Crippen molar-refractivity contribution >= 4 is 17.8 Å². The summed E-state index contributed by atoms with van der Waals surface area (Å²) >= 11 is 0. The van der Waals surface area contributed by atoms with Crippen molar-refractivity contribution in [2.45, 2.75) is 64.3 Å². The van der Waals surface area contributed by atoms with Crippen LogP contribution < -0.4 is 0 Å². The predicted octanol–water partition coefficient (Wildman–Crippen LogP) is 3.81. The number of imide groups is 1. The second-order valence-electron chi connectivity index (χ2n) is 6.36. The van der Waals surface area contributed by atoms with Gasteiger partial charge in [0.15, 0.2) is 0 Å². The minimum Gasteiger partial charge on any atom is -0.299 e. The van der Waals surface area contributed by atoms with Gasteiger partial charge in [-0.05, 0) is 18.6 Å². The van der Waals surface area contributed by atoms with E-state index in [0.717, 1.165) is 24.2 Å². The van der Waals surface area contributed by atoms with Crippen molar-refractivity contribution in [1.82, 2.24) is 4.90 Å². The topological polar surface area (TPSA) is 83.9 Å². The van der Waals surface area contributed by atoms with Gasteiger partial charge in [-0.25, -0.2) is 4.79 Å². The minimum atomic E-state index is -1.09. The molecule has 0 radical (unpaired) electrons. The molecular formula is C19H25NO5. The van der Waals surface area contributed by atoms with Gasteiger partial charge in [-0.2, -0.15) is 5.26 Å². The number of amides is 2. The molecule has 0 fully saturated rings. The highest BCUT2D eigenvalue weighted by Gasteiger charge is 2.43. The summed E-state index contributed by atoms with van der Waals surface area (Å²) in [5.74, 6) is -2.00. The van der Waals surface area contributed by atoms with E-state index in [0.29, 0.717) is 12.8 Å². The Morgan fingerprint density at radius 1 is 1.00 bits per heavy atom. The molecule has 0 aromatic heterocycles. The molecule has 1 atom stereocenters. The minimum absolute atomic E-state index is 0.280. The summed E-state index contributed by atoms with van der Waals surface area (Å²) in [5, 5.41) is 8.76. The van der Waals surface area contributed by atoms with Crippen molar-refractivity contribution in [2.24, 2.45) is 0 Å². The van der Waals surface area contributed by atoms with Gasteiger partial charge in [0, 0.05) is 0 Å². The lowest BCUT2D eigenvalue weighted by atomic mass is 10.0. The molecule has 0 saturated carbocycles. The highest BCUT2D eigenvalue weighted by Crippen LogP contribution is 2.27. The van der Waals surface area contributed by atoms with Crippen molar-refractivity contribution in [3.63, 3.8) is 0 Å². The van der Waals surface area contributed by atoms with E-state index >= 15 is 0 Å². The van der Waals surface area contributed by atoms with Crippen LogP contribution in [0.15, 0.2) is 24.3 Å². The second kappa shape index (κ2) is 9.32. The van der Waals surface area contributed by atoms with Crippen molar-refractivity contribution in [2.75, 3.05) is 0 Å². The smallest absolute Gasteiger partial charge is 0.299 e. The number of carbonyl (C=O) groups is 3. The molecule has 0 spiro atoms. The third-order valence-corrected chi connectivity index (χ3v) is 4.58. The number of nitrogens with zero attached hydrogens (tertiary/aromatic N) is 1. The molecule has 1 heterocycles. The highest BCUT2D eigenvalue weighted by molar-refractivity contribution is 6.22. The van der Waals surface area contributed by atoms with Crippen LogP contribution in [0.2, 0.25) is 0 Å². The molecule has 0 aliphatic carbocycles. The quantitative estimate of drug-likeness (QED) is 0.301. The van der Waals surface area contributed by atoms with Gasteiger partial charge in [0.2, 0.25) is 0 Å². The van der Waals surface area contributed by atoms with E-state index in [1.54, 1.807) is 24.3 Å². The molecule has 1 aromatic carbocycles. The average Bonchev–Trinajstić information content (AvgIpc) is 2.88. The number of hydrogen-bond acceptors (Lipinski definition) is 5. The van der Waals surface area contributed by atoms with E-state index in [1.807, 2.05) is 0 Å². The molecule has 25 heavy (non-hydrogen) atoms. The van der Waals surface area contributed by atoms with Gasteiger partial charge >= 0.3 is 5.97 Å². The third-order valence-electron chi connectivity index (χ3n) is 4.58. The Morgan fingerprint density at radius 2 is 1.52 bits per heavy atom. The fourth-order valence-electron chi connectivity index (χ4n) is 3.20. The number of hydrogen-bond donors (Lipinski definition) is 1. The molecule has 1 aromatic rings. The SMILES string of the molecule is CCCCCCCCCC(C(=O)OO)N1C(=O)c2ccccc2C1=O. The summed E-state index contributed by atoms with van der Waals surface area (Å²) in [5.41, 5.74) is 0.561. The number of fused-ring (bicyclic) bond motifs is 1. The molecule has 0 saturated heterocycles. The number of carbonyl (C=O) groups excluding carboxylic acids is 3. The van der Waals surface area contributed by atoms with E-state index in [9.17, 15) is 14.4 Å². The molecule has 1 N–H and O–H groups in total. The molecule has 1 unspecified atom stereocenters. The van der Waals surface area contributed by atoms with Gasteiger partial charge < -0.3 is 0 Å². The molecule has 2 amide bonds. The molecule has 0 bridgehead atoms. The zero-order valence-corrected chi connectivity index (χ0v) is 14.6. The number of benzene rings is 1. The summed E-state index contributed by atoms with van der Waals surface area (Å²) in [6.07, 6.45) is 7.65. The Bertz CT molecular complexity index is 593. The normalized spacial score (nSPS) is 14.6. The maximum atomic E-state index is 12.5. The average molecular weight is 347 g/mol. The van der Waals surface area contributed by atoms with Gasteiger partial charge in [0.05, 0.1) is 11.1 Å². The lowest BCUT2D eigenvalue weighted by Gasteiger charge is -2.23. The van der Waals surface area contributed by atoms with Crippen LogP contribution in [-0.4, -0.2) is 34.0 Å². The number of rotatable bonds is 10. The van der Waals surface area contributed by atoms with E-state index in [2.05, 4.69) is 11.8 Å². The molecule has 6 heteroatoms. The van der Waals surface area contributed by atoms with Gasteiger partial charge in [0.1, 0.15) is 6.04 Å². The first-order chi connectivity index (χ1) is 12.1. The van der Waals surface area contributed by atoms with E-state index in [1.165, 1.54) is 19.3 Å². The molecule has 136 valence electrons. The molecule has 1 aliphatic rings. The lowest BCUT2D eigenvalue weighted by molar-refractivity contribution is -0.238. The lowest BCUT2D eigenvalue weighted by Crippen LogP contribution is -2.45. The standard InChI is InChI=1S/C19H25NO5/c1-2-3-4-5-6-7-8-13-16(19(23)25-24)20-17(21)14-11-9-10-12-15(14)18(20)22/h9-12,16,24H,2-8,13H2,1H3. The van der Waals surface area contributed by atoms with E-state index < -0.39 is 23.8 Å². The van der Waals surface area contributed by atoms with Crippen LogP contribution in [0.25, 0.3) is 0 Å². The maximum Gasteiger partial charge on any atom is 0.364 e. The Morgan fingerprint density at radius 3 is 2.04 bits per heavy atom. The fraction of sp³-hybridized carbons (Fsp3) is 0.526. The predicted molar refractivity (Wildman–Crippen MR) is 92.1 cm³/mol. The third kappa shape index (κ3) is 4.45. The summed E-state index contributed by atoms with van der Waals surface area (Å²) < 4.78 is 0. The molecule has 2 rings (SSSR count). The Hall–Kier alpha value is -2.21. The van der Waals surface area contributed by atoms with Crippen LogP contribution in [0.5, 0.6) is 0 Å². The van der Waals surface area contributed by atoms with Gasteiger partial charge in [-0.1, -0.05) is 64.0 Å². The van der Waals surface area contributed by atoms with Crippen LogP contribution in [0, 0.1) is 0 Å². The van der Waals surface area contributed by atoms with Gasteiger partial charge in [0.25, 0.3) is 11.8 Å². The van der Waals surface area contributed by atoms with Crippen molar-refractivity contribution in [3.8, 4) is 0 Å². The van der Waals surface area contributed by atoms with Crippen molar-refractivity contribution in [1.29, 1.82) is 0 Å². The maximum absolute atomic E-state index is 12.5. The van der Waals surface area contributed by atoms with E-state index in [-0.39, 0.29) is 11.1 Å². The first-order valence-corrected chi connectivity index (χ1v) is 8.94. The highest BCUT2D eigenvalue weighted by atomic mass is 17.1. The fourth-order valence-corrected chi connectivity index (χ4v) is 3.20. The zero-order valence-electron chi connectivity index (χ0n) is 14.6. The summed E-state index contributed by atoms with van der Waals surface area (Å²) in [6, 6.07) is 5.37. The van der Waals surface area contributed by atoms with E-state index in [4.69, 9.17) is 5.26 Å². The Balaban J connectivity index is 1.98. The van der Waals surface area contributed by atoms with Crippen LogP contribution in [0.3, 0.4) is 0 Å². The Labute approximate surface area is 147 Å². The second-order valence-corrected chi connectivity index (χ2v) is 6.36. The van der Waals surface area contributed by atoms with Crippen LogP contribution >= 0.6 is 0 Å². The summed E-state index contributed by atoms with van der Waals surface area (Å²) in [7, 11) is 0. The van der Waals surface area contributed by atoms with Crippen LogP contribution in [0.1, 0.15) is 79.0 Å². The van der Waals surface area contributed by atoms with Crippen molar-refractivity contribution < 1.29 is 24.5 Å². The zero-order chi connectivity index (χ0) is 18.2. The first-order valence-electron chi connectivity index (χ1n) is 8.94. The summed E-state index contributed by atoms with van der Waals surface area (Å²) in [4.78, 5) is 41.7. The molecular weight excluding hydrogens is 322 g/mol. The van der Waals surface area contributed by atoms with Crippen molar-refractivity contribution in [3.05, 3.63) is 35.4 Å². The molecule has 1 aliphatic heterocycles. The van der Waals surface area contributed by atoms with Gasteiger partial charge in [-0.3, -0.25) is 19.4 Å². The molecule has 6 nitrogen and oxygen atoms in total.